The topological polar surface area (TPSA) is 47.3 Å². The minimum Gasteiger partial charge on any atom is -0.387 e. The van der Waals surface area contributed by atoms with Crippen molar-refractivity contribution in [3.63, 3.8) is 0 Å². The first-order valence-corrected chi connectivity index (χ1v) is 6.85. The quantitative estimate of drug-likeness (QED) is 0.904. The molecule has 2 aliphatic rings. The van der Waals surface area contributed by atoms with Crippen molar-refractivity contribution in [2.75, 3.05) is 11.4 Å². The number of hydrogen-bond donors (Lipinski definition) is 1. The average molecular weight is 278 g/mol. The lowest BCUT2D eigenvalue weighted by molar-refractivity contribution is 0.0142. The summed E-state index contributed by atoms with van der Waals surface area (Å²) in [7, 11) is 0. The zero-order chi connectivity index (χ0) is 14.5. The van der Waals surface area contributed by atoms with Gasteiger partial charge in [0.15, 0.2) is 0 Å². The third kappa shape index (κ3) is 1.87. The normalized spacial score (nSPS) is 29.6. The van der Waals surface area contributed by atoms with Gasteiger partial charge in [0.2, 0.25) is 0 Å². The summed E-state index contributed by atoms with van der Waals surface area (Å²) in [5.74, 6) is -1.40. The first kappa shape index (κ1) is 13.3. The Labute approximate surface area is 116 Å². The second-order valence-electron chi connectivity index (χ2n) is 5.78. The van der Waals surface area contributed by atoms with Crippen molar-refractivity contribution in [2.45, 2.75) is 37.8 Å². The molecule has 3 nitrogen and oxygen atoms in total. The lowest BCUT2D eigenvalue weighted by Crippen LogP contribution is -2.44. The Balaban J connectivity index is 1.93. The molecule has 3 rings (SSSR count). The monoisotopic (exact) mass is 278 g/mol. The minimum atomic E-state index is -0.850. The van der Waals surface area contributed by atoms with Crippen LogP contribution in [0.25, 0.3) is 0 Å². The van der Waals surface area contributed by atoms with Gasteiger partial charge in [-0.2, -0.15) is 5.26 Å². The standard InChI is InChI=1S/C15H16F2N2O/c1-9-15(20,10-2-3-10)4-5-19(9)11-6-13(16)12(8-18)14(17)7-11/h6-7,9-10,20H,2-5H2,1H3/t9-,15+/m1/s1. The molecule has 1 aromatic carbocycles. The van der Waals surface area contributed by atoms with E-state index in [1.54, 1.807) is 0 Å². The van der Waals surface area contributed by atoms with Crippen LogP contribution in [0.3, 0.4) is 0 Å². The Kier molecular flexibility index (Phi) is 2.94. The van der Waals surface area contributed by atoms with E-state index in [0.717, 1.165) is 12.8 Å². The number of aliphatic hydroxyl groups is 1. The van der Waals surface area contributed by atoms with E-state index in [2.05, 4.69) is 0 Å². The summed E-state index contributed by atoms with van der Waals surface area (Å²) in [6.45, 7) is 2.46. The van der Waals surface area contributed by atoms with E-state index in [-0.39, 0.29) is 6.04 Å². The predicted molar refractivity (Wildman–Crippen MR) is 70.2 cm³/mol. The zero-order valence-electron chi connectivity index (χ0n) is 11.2. The fourth-order valence-electron chi connectivity index (χ4n) is 3.29. The number of anilines is 1. The third-order valence-corrected chi connectivity index (χ3v) is 4.70. The second-order valence-corrected chi connectivity index (χ2v) is 5.78. The molecular weight excluding hydrogens is 262 g/mol. The van der Waals surface area contributed by atoms with Crippen molar-refractivity contribution in [3.8, 4) is 6.07 Å². The molecule has 5 heteroatoms. The number of nitrogens with zero attached hydrogens (tertiary/aromatic N) is 2. The van der Waals surface area contributed by atoms with Crippen LogP contribution in [0, 0.1) is 28.9 Å². The van der Waals surface area contributed by atoms with Crippen LogP contribution in [0.4, 0.5) is 14.5 Å². The summed E-state index contributed by atoms with van der Waals surface area (Å²) < 4.78 is 27.4. The predicted octanol–water partition coefficient (Wildman–Crippen LogP) is 2.58. The van der Waals surface area contributed by atoms with Crippen LogP contribution in [0.1, 0.15) is 31.7 Å². The van der Waals surface area contributed by atoms with Crippen LogP contribution in [-0.2, 0) is 0 Å². The minimum absolute atomic E-state index is 0.179. The molecule has 1 saturated carbocycles. The Bertz CT molecular complexity index is 571. The molecule has 0 radical (unpaired) electrons. The van der Waals surface area contributed by atoms with Crippen LogP contribution in [0.15, 0.2) is 12.1 Å². The van der Waals surface area contributed by atoms with E-state index in [1.807, 2.05) is 11.8 Å². The van der Waals surface area contributed by atoms with E-state index >= 15 is 0 Å². The van der Waals surface area contributed by atoms with E-state index in [0.29, 0.717) is 24.6 Å². The molecule has 106 valence electrons. The largest absolute Gasteiger partial charge is 0.387 e. The van der Waals surface area contributed by atoms with E-state index in [4.69, 9.17) is 5.26 Å². The molecule has 0 bridgehead atoms. The summed E-state index contributed by atoms with van der Waals surface area (Å²) in [5.41, 5.74) is -0.929. The number of hydrogen-bond acceptors (Lipinski definition) is 3. The SMILES string of the molecule is C[C@H]1N(c2cc(F)c(C#N)c(F)c2)CC[C@@]1(O)C1CC1. The summed E-state index contributed by atoms with van der Waals surface area (Å²) in [6, 6.07) is 3.69. The maximum Gasteiger partial charge on any atom is 0.146 e. The van der Waals surface area contributed by atoms with Crippen LogP contribution in [-0.4, -0.2) is 23.3 Å². The molecule has 1 aliphatic carbocycles. The molecule has 0 spiro atoms. The first-order chi connectivity index (χ1) is 9.47. The fraction of sp³-hybridized carbons (Fsp3) is 0.533. The highest BCUT2D eigenvalue weighted by Crippen LogP contribution is 2.48. The van der Waals surface area contributed by atoms with E-state index in [9.17, 15) is 13.9 Å². The summed E-state index contributed by atoms with van der Waals surface area (Å²) in [6.07, 6.45) is 2.65. The van der Waals surface area contributed by atoms with Crippen molar-refractivity contribution < 1.29 is 13.9 Å². The molecule has 1 N–H and O–H groups in total. The average Bonchev–Trinajstić information content (AvgIpc) is 3.19. The molecule has 1 heterocycles. The van der Waals surface area contributed by atoms with Crippen LogP contribution in [0.5, 0.6) is 0 Å². The fourth-order valence-corrected chi connectivity index (χ4v) is 3.29. The summed E-state index contributed by atoms with van der Waals surface area (Å²) in [5, 5.41) is 19.4. The van der Waals surface area contributed by atoms with Gasteiger partial charge in [0.1, 0.15) is 23.3 Å². The van der Waals surface area contributed by atoms with Crippen LogP contribution in [0.2, 0.25) is 0 Å². The van der Waals surface area contributed by atoms with Crippen LogP contribution < -0.4 is 4.90 Å². The van der Waals surface area contributed by atoms with Gasteiger partial charge in [-0.1, -0.05) is 0 Å². The molecule has 2 atom stereocenters. The third-order valence-electron chi connectivity index (χ3n) is 4.70. The highest BCUT2D eigenvalue weighted by atomic mass is 19.1. The highest BCUT2D eigenvalue weighted by Gasteiger charge is 2.52. The maximum absolute atomic E-state index is 13.7. The van der Waals surface area contributed by atoms with Gasteiger partial charge in [-0.15, -0.1) is 0 Å². The Morgan fingerprint density at radius 1 is 1.35 bits per heavy atom. The van der Waals surface area contributed by atoms with Gasteiger partial charge >= 0.3 is 0 Å². The number of nitriles is 1. The molecule has 1 aromatic rings. The van der Waals surface area contributed by atoms with E-state index in [1.165, 1.54) is 18.2 Å². The second kappa shape index (κ2) is 4.42. The van der Waals surface area contributed by atoms with Crippen molar-refractivity contribution in [3.05, 3.63) is 29.3 Å². The number of rotatable bonds is 2. The van der Waals surface area contributed by atoms with Gasteiger partial charge in [0.05, 0.1) is 11.6 Å². The molecule has 0 amide bonds. The van der Waals surface area contributed by atoms with Crippen molar-refractivity contribution in [2.24, 2.45) is 5.92 Å². The molecule has 0 aromatic heterocycles. The Morgan fingerprint density at radius 3 is 2.45 bits per heavy atom. The summed E-state index contributed by atoms with van der Waals surface area (Å²) >= 11 is 0. The van der Waals surface area contributed by atoms with Crippen molar-refractivity contribution >= 4 is 5.69 Å². The zero-order valence-corrected chi connectivity index (χ0v) is 11.2. The number of benzene rings is 1. The molecular formula is C15H16F2N2O. The van der Waals surface area contributed by atoms with Gasteiger partial charge < -0.3 is 10.0 Å². The first-order valence-electron chi connectivity index (χ1n) is 6.85. The van der Waals surface area contributed by atoms with Crippen molar-refractivity contribution in [1.29, 1.82) is 5.26 Å². The van der Waals surface area contributed by atoms with Gasteiger partial charge in [0.25, 0.3) is 0 Å². The molecule has 1 saturated heterocycles. The molecule has 2 fully saturated rings. The Hall–Kier alpha value is -1.67. The molecule has 20 heavy (non-hydrogen) atoms. The molecule has 0 unspecified atom stereocenters. The summed E-state index contributed by atoms with van der Waals surface area (Å²) in [4.78, 5) is 1.83. The van der Waals surface area contributed by atoms with Gasteiger partial charge in [-0.25, -0.2) is 8.78 Å². The van der Waals surface area contributed by atoms with Crippen LogP contribution >= 0.6 is 0 Å². The maximum atomic E-state index is 13.7. The van der Waals surface area contributed by atoms with Gasteiger partial charge in [0, 0.05) is 12.2 Å². The van der Waals surface area contributed by atoms with E-state index < -0.39 is 22.8 Å². The molecule has 1 aliphatic heterocycles. The van der Waals surface area contributed by atoms with Gasteiger partial charge in [-0.3, -0.25) is 0 Å². The number of halogens is 2. The highest BCUT2D eigenvalue weighted by molar-refractivity contribution is 5.53. The lowest BCUT2D eigenvalue weighted by atomic mass is 9.90. The Morgan fingerprint density at radius 2 is 1.95 bits per heavy atom. The smallest absolute Gasteiger partial charge is 0.146 e. The lowest BCUT2D eigenvalue weighted by Gasteiger charge is -2.32. The van der Waals surface area contributed by atoms with Crippen molar-refractivity contribution in [1.82, 2.24) is 0 Å². The van der Waals surface area contributed by atoms with Gasteiger partial charge in [-0.05, 0) is 44.2 Å².